The zero-order chi connectivity index (χ0) is 17.8. The van der Waals surface area contributed by atoms with E-state index in [1.54, 1.807) is 6.07 Å². The Morgan fingerprint density at radius 3 is 2.80 bits per heavy atom. The highest BCUT2D eigenvalue weighted by atomic mass is 32.1. The second-order valence-electron chi connectivity index (χ2n) is 6.27. The van der Waals surface area contributed by atoms with E-state index in [9.17, 15) is 4.79 Å². The normalized spacial score (nSPS) is 12.6. The number of likely N-dealkylation sites (N-methyl/N-ethyl adjacent to an activating group) is 1. The lowest BCUT2D eigenvalue weighted by Gasteiger charge is -2.21. The molecule has 3 aromatic rings. The molecule has 0 saturated heterocycles. The lowest BCUT2D eigenvalue weighted by atomic mass is 10.2. The van der Waals surface area contributed by atoms with Crippen LogP contribution >= 0.6 is 11.3 Å². The molecule has 132 valence electrons. The zero-order valence-electron chi connectivity index (χ0n) is 14.8. The Kier molecular flexibility index (Phi) is 5.45. The number of fused-ring (bicyclic) bond motifs is 1. The minimum Gasteiger partial charge on any atom is -0.356 e. The third-order valence-corrected chi connectivity index (χ3v) is 4.75. The van der Waals surface area contributed by atoms with Crippen molar-refractivity contribution in [1.29, 1.82) is 0 Å². The molecule has 0 aliphatic rings. The smallest absolute Gasteiger partial charge is 0.275 e. The van der Waals surface area contributed by atoms with Crippen LogP contribution in [0.2, 0.25) is 0 Å². The summed E-state index contributed by atoms with van der Waals surface area (Å²) in [4.78, 5) is 19.4. The van der Waals surface area contributed by atoms with Gasteiger partial charge in [-0.3, -0.25) is 4.79 Å². The molecule has 1 atom stereocenters. The number of hydrogen-bond donors (Lipinski definition) is 1. The van der Waals surface area contributed by atoms with E-state index in [-0.39, 0.29) is 11.6 Å². The van der Waals surface area contributed by atoms with Crippen LogP contribution in [0, 0.1) is 0 Å². The Morgan fingerprint density at radius 1 is 1.32 bits per heavy atom. The maximum Gasteiger partial charge on any atom is 0.275 e. The molecule has 3 rings (SSSR count). The van der Waals surface area contributed by atoms with Crippen LogP contribution in [0.5, 0.6) is 0 Å². The fraction of sp³-hybridized carbons (Fsp3) is 0.389. The number of nitrogens with zero attached hydrogens (tertiary/aromatic N) is 4. The van der Waals surface area contributed by atoms with Crippen molar-refractivity contribution in [3.8, 4) is 0 Å². The second kappa shape index (κ2) is 7.76. The molecule has 7 heteroatoms. The minimum atomic E-state index is -0.125. The highest BCUT2D eigenvalue weighted by molar-refractivity contribution is 7.20. The van der Waals surface area contributed by atoms with E-state index in [0.29, 0.717) is 4.96 Å². The Labute approximate surface area is 151 Å². The van der Waals surface area contributed by atoms with Gasteiger partial charge in [0.15, 0.2) is 0 Å². The number of rotatable bonds is 7. The predicted molar refractivity (Wildman–Crippen MR) is 102 cm³/mol. The van der Waals surface area contributed by atoms with Crippen molar-refractivity contribution >= 4 is 21.4 Å². The molecule has 2 heterocycles. The number of anilines is 1. The molecule has 0 aliphatic heterocycles. The first-order valence-electron chi connectivity index (χ1n) is 8.44. The summed E-state index contributed by atoms with van der Waals surface area (Å²) in [6, 6.07) is 12.2. The van der Waals surface area contributed by atoms with Crippen LogP contribution in [0.1, 0.15) is 25.1 Å². The Hall–Kier alpha value is -2.25. The lowest BCUT2D eigenvalue weighted by Crippen LogP contribution is -2.32. The highest BCUT2D eigenvalue weighted by Crippen LogP contribution is 2.18. The molecule has 0 radical (unpaired) electrons. The van der Waals surface area contributed by atoms with Crippen molar-refractivity contribution in [2.45, 2.75) is 32.9 Å². The summed E-state index contributed by atoms with van der Waals surface area (Å²) in [5.74, 6) is 0. The Balaban J connectivity index is 1.64. The molecule has 0 fully saturated rings. The summed E-state index contributed by atoms with van der Waals surface area (Å²) < 4.78 is 1.37. The van der Waals surface area contributed by atoms with Crippen LogP contribution in [0.25, 0.3) is 4.96 Å². The SMILES string of the molecule is CCc1cc(=O)n2nc(NC(C)CN(C)Cc3ccccc3)sc2n1. The molecule has 0 spiro atoms. The first-order valence-corrected chi connectivity index (χ1v) is 9.25. The predicted octanol–water partition coefficient (Wildman–Crippen LogP) is 2.65. The summed E-state index contributed by atoms with van der Waals surface area (Å²) in [7, 11) is 2.10. The van der Waals surface area contributed by atoms with E-state index in [2.05, 4.69) is 58.5 Å². The summed E-state index contributed by atoms with van der Waals surface area (Å²) in [6.07, 6.45) is 0.743. The largest absolute Gasteiger partial charge is 0.356 e. The van der Waals surface area contributed by atoms with E-state index in [1.165, 1.54) is 21.4 Å². The van der Waals surface area contributed by atoms with Gasteiger partial charge in [0, 0.05) is 30.9 Å². The molecule has 1 N–H and O–H groups in total. The maximum atomic E-state index is 12.1. The van der Waals surface area contributed by atoms with E-state index < -0.39 is 0 Å². The lowest BCUT2D eigenvalue weighted by molar-refractivity contribution is 0.316. The molecule has 1 unspecified atom stereocenters. The first-order chi connectivity index (χ1) is 12.0. The number of nitrogens with one attached hydrogen (secondary N) is 1. The summed E-state index contributed by atoms with van der Waals surface area (Å²) in [5.41, 5.74) is 1.97. The molecule has 0 amide bonds. The van der Waals surface area contributed by atoms with Crippen molar-refractivity contribution in [3.05, 3.63) is 58.0 Å². The van der Waals surface area contributed by atoms with Gasteiger partial charge in [-0.2, -0.15) is 4.52 Å². The van der Waals surface area contributed by atoms with Crippen LogP contribution in [0.15, 0.2) is 41.2 Å². The van der Waals surface area contributed by atoms with E-state index in [0.717, 1.165) is 30.3 Å². The standard InChI is InChI=1S/C18H23N5OS/c1-4-15-10-16(24)23-18(20-15)25-17(21-23)19-13(2)11-22(3)12-14-8-6-5-7-9-14/h5-10,13H,4,11-12H2,1-3H3,(H,19,21). The van der Waals surface area contributed by atoms with Crippen molar-refractivity contribution < 1.29 is 0 Å². The third kappa shape index (κ3) is 4.43. The van der Waals surface area contributed by atoms with Crippen LogP contribution in [-0.2, 0) is 13.0 Å². The molecular weight excluding hydrogens is 334 g/mol. The minimum absolute atomic E-state index is 0.125. The van der Waals surface area contributed by atoms with Crippen LogP contribution < -0.4 is 10.9 Å². The van der Waals surface area contributed by atoms with Crippen molar-refractivity contribution in [1.82, 2.24) is 19.5 Å². The van der Waals surface area contributed by atoms with Crippen molar-refractivity contribution in [3.63, 3.8) is 0 Å². The molecule has 0 saturated carbocycles. The average molecular weight is 357 g/mol. The Morgan fingerprint density at radius 2 is 2.08 bits per heavy atom. The van der Waals surface area contributed by atoms with Gasteiger partial charge in [0.2, 0.25) is 10.1 Å². The number of hydrogen-bond acceptors (Lipinski definition) is 6. The van der Waals surface area contributed by atoms with Gasteiger partial charge in [-0.05, 0) is 26.0 Å². The summed E-state index contributed by atoms with van der Waals surface area (Å²) in [5, 5.41) is 8.45. The van der Waals surface area contributed by atoms with Crippen LogP contribution in [0.3, 0.4) is 0 Å². The van der Waals surface area contributed by atoms with Gasteiger partial charge in [-0.25, -0.2) is 4.98 Å². The maximum absolute atomic E-state index is 12.1. The first kappa shape index (κ1) is 17.6. The number of benzene rings is 1. The fourth-order valence-electron chi connectivity index (χ4n) is 2.78. The summed E-state index contributed by atoms with van der Waals surface area (Å²) in [6.45, 7) is 5.87. The van der Waals surface area contributed by atoms with Crippen molar-refractivity contribution in [2.24, 2.45) is 0 Å². The fourth-order valence-corrected chi connectivity index (χ4v) is 3.71. The topological polar surface area (TPSA) is 62.5 Å². The van der Waals surface area contributed by atoms with Crippen LogP contribution in [-0.4, -0.2) is 39.1 Å². The highest BCUT2D eigenvalue weighted by Gasteiger charge is 2.12. The van der Waals surface area contributed by atoms with Crippen LogP contribution in [0.4, 0.5) is 5.13 Å². The van der Waals surface area contributed by atoms with E-state index in [4.69, 9.17) is 0 Å². The van der Waals surface area contributed by atoms with Gasteiger partial charge < -0.3 is 10.2 Å². The van der Waals surface area contributed by atoms with E-state index in [1.807, 2.05) is 13.0 Å². The van der Waals surface area contributed by atoms with Gasteiger partial charge in [-0.1, -0.05) is 48.6 Å². The van der Waals surface area contributed by atoms with Crippen molar-refractivity contribution in [2.75, 3.05) is 18.9 Å². The van der Waals surface area contributed by atoms with Gasteiger partial charge >= 0.3 is 0 Å². The molecule has 1 aromatic carbocycles. The number of aromatic nitrogens is 3. The van der Waals surface area contributed by atoms with Gasteiger partial charge in [0.1, 0.15) is 0 Å². The Bertz CT molecular complexity index is 889. The average Bonchev–Trinajstić information content (AvgIpc) is 2.98. The molecule has 2 aromatic heterocycles. The quantitative estimate of drug-likeness (QED) is 0.704. The molecular formula is C18H23N5OS. The second-order valence-corrected chi connectivity index (χ2v) is 7.22. The molecule has 0 bridgehead atoms. The van der Waals surface area contributed by atoms with E-state index >= 15 is 0 Å². The van der Waals surface area contributed by atoms with Gasteiger partial charge in [0.05, 0.1) is 0 Å². The van der Waals surface area contributed by atoms with Gasteiger partial charge in [0.25, 0.3) is 5.56 Å². The molecule has 0 aliphatic carbocycles. The molecule has 25 heavy (non-hydrogen) atoms. The summed E-state index contributed by atoms with van der Waals surface area (Å²) >= 11 is 1.41. The van der Waals surface area contributed by atoms with Gasteiger partial charge in [-0.15, -0.1) is 5.10 Å². The third-order valence-electron chi connectivity index (χ3n) is 3.91. The molecule has 6 nitrogen and oxygen atoms in total. The zero-order valence-corrected chi connectivity index (χ0v) is 15.6. The monoisotopic (exact) mass is 357 g/mol. The number of aryl methyl sites for hydroxylation is 1.